The minimum Gasteiger partial charge on any atom is -0.494 e. The summed E-state index contributed by atoms with van der Waals surface area (Å²) in [5, 5.41) is 0.668. The number of anilines is 1. The van der Waals surface area contributed by atoms with Crippen LogP contribution in [0.1, 0.15) is 22.3 Å². The number of benzene rings is 2. The number of methoxy groups -OCH3 is 1. The average Bonchev–Trinajstić information content (AvgIpc) is 3.18. The maximum Gasteiger partial charge on any atom is 0.233 e. The van der Waals surface area contributed by atoms with Crippen LogP contribution in [-0.4, -0.2) is 23.0 Å². The number of hydrogen-bond donors (Lipinski definition) is 0. The molecule has 1 amide bonds. The summed E-state index contributed by atoms with van der Waals surface area (Å²) < 4.78 is 6.44. The molecule has 0 N–H and O–H groups in total. The Kier molecular flexibility index (Phi) is 5.77. The van der Waals surface area contributed by atoms with Gasteiger partial charge in [0.2, 0.25) is 5.91 Å². The highest BCUT2D eigenvalue weighted by atomic mass is 32.1. The zero-order valence-corrected chi connectivity index (χ0v) is 18.1. The summed E-state index contributed by atoms with van der Waals surface area (Å²) >= 11 is 1.50. The molecule has 30 heavy (non-hydrogen) atoms. The van der Waals surface area contributed by atoms with Crippen LogP contribution in [0.5, 0.6) is 5.75 Å². The third kappa shape index (κ3) is 4.19. The van der Waals surface area contributed by atoms with Crippen molar-refractivity contribution in [1.29, 1.82) is 0 Å². The largest absolute Gasteiger partial charge is 0.494 e. The number of para-hydroxylation sites is 1. The van der Waals surface area contributed by atoms with Gasteiger partial charge < -0.3 is 4.74 Å². The Balaban J connectivity index is 1.71. The summed E-state index contributed by atoms with van der Waals surface area (Å²) in [6.07, 6.45) is 3.80. The lowest BCUT2D eigenvalue weighted by Gasteiger charge is -2.20. The fourth-order valence-corrected chi connectivity index (χ4v) is 4.43. The number of nitrogens with zero attached hydrogens (tertiary/aromatic N) is 3. The molecule has 0 radical (unpaired) electrons. The fourth-order valence-electron chi connectivity index (χ4n) is 3.43. The molecule has 2 aromatic heterocycles. The number of carbonyl (C=O) groups is 1. The Morgan fingerprint density at radius 2 is 1.90 bits per heavy atom. The summed E-state index contributed by atoms with van der Waals surface area (Å²) in [6, 6.07) is 15.9. The van der Waals surface area contributed by atoms with Gasteiger partial charge in [-0.3, -0.25) is 14.7 Å². The molecule has 0 atom stereocenters. The van der Waals surface area contributed by atoms with Crippen LogP contribution in [0.4, 0.5) is 5.13 Å². The molecule has 0 fully saturated rings. The quantitative estimate of drug-likeness (QED) is 0.438. The number of hydrogen-bond acceptors (Lipinski definition) is 5. The molecule has 0 aliphatic rings. The van der Waals surface area contributed by atoms with E-state index in [2.05, 4.69) is 18.0 Å². The zero-order valence-electron chi connectivity index (χ0n) is 17.3. The van der Waals surface area contributed by atoms with Crippen molar-refractivity contribution >= 4 is 32.6 Å². The molecule has 2 aromatic carbocycles. The monoisotopic (exact) mass is 417 g/mol. The van der Waals surface area contributed by atoms with Gasteiger partial charge in [-0.05, 0) is 54.8 Å². The molecule has 0 bridgehead atoms. The average molecular weight is 418 g/mol. The first kappa shape index (κ1) is 20.0. The second-order valence-corrected chi connectivity index (χ2v) is 8.25. The number of aryl methyl sites for hydroxylation is 2. The topological polar surface area (TPSA) is 55.3 Å². The Labute approximate surface area is 180 Å². The van der Waals surface area contributed by atoms with Crippen molar-refractivity contribution < 1.29 is 9.53 Å². The number of ether oxygens (including phenoxy) is 1. The molecule has 4 rings (SSSR count). The molecule has 0 aliphatic heterocycles. The highest BCUT2D eigenvalue weighted by molar-refractivity contribution is 7.22. The van der Waals surface area contributed by atoms with E-state index in [0.29, 0.717) is 23.8 Å². The second kappa shape index (κ2) is 8.63. The van der Waals surface area contributed by atoms with Crippen LogP contribution in [0.3, 0.4) is 0 Å². The lowest BCUT2D eigenvalue weighted by Crippen LogP contribution is -2.32. The van der Waals surface area contributed by atoms with Crippen LogP contribution < -0.4 is 9.64 Å². The van der Waals surface area contributed by atoms with Gasteiger partial charge in [0.15, 0.2) is 5.13 Å². The van der Waals surface area contributed by atoms with Crippen molar-refractivity contribution in [3.05, 3.63) is 83.2 Å². The maximum absolute atomic E-state index is 13.4. The van der Waals surface area contributed by atoms with E-state index < -0.39 is 0 Å². The minimum absolute atomic E-state index is 0.0109. The Bertz CT molecular complexity index is 1190. The van der Waals surface area contributed by atoms with Crippen LogP contribution in [0.25, 0.3) is 10.2 Å². The first-order valence-electron chi connectivity index (χ1n) is 9.74. The molecule has 0 unspecified atom stereocenters. The van der Waals surface area contributed by atoms with Gasteiger partial charge in [0, 0.05) is 12.4 Å². The number of rotatable bonds is 6. The third-order valence-electron chi connectivity index (χ3n) is 5.05. The number of carbonyl (C=O) groups excluding carboxylic acids is 1. The molecule has 0 saturated carbocycles. The van der Waals surface area contributed by atoms with Gasteiger partial charge in [-0.2, -0.15) is 0 Å². The van der Waals surface area contributed by atoms with E-state index >= 15 is 0 Å². The summed E-state index contributed by atoms with van der Waals surface area (Å²) in [6.45, 7) is 4.54. The number of pyridine rings is 1. The molecule has 0 aliphatic carbocycles. The van der Waals surface area contributed by atoms with E-state index in [9.17, 15) is 4.79 Å². The van der Waals surface area contributed by atoms with E-state index in [1.807, 2.05) is 49.4 Å². The van der Waals surface area contributed by atoms with Gasteiger partial charge in [-0.25, -0.2) is 4.98 Å². The van der Waals surface area contributed by atoms with E-state index in [1.165, 1.54) is 16.9 Å². The van der Waals surface area contributed by atoms with Crippen molar-refractivity contribution in [2.45, 2.75) is 26.8 Å². The number of aromatic nitrogens is 2. The van der Waals surface area contributed by atoms with Crippen LogP contribution in [-0.2, 0) is 17.8 Å². The predicted octanol–water partition coefficient (Wildman–Crippen LogP) is 5.09. The van der Waals surface area contributed by atoms with Gasteiger partial charge in [-0.15, -0.1) is 0 Å². The third-order valence-corrected chi connectivity index (χ3v) is 6.10. The number of fused-ring (bicyclic) bond motifs is 1. The predicted molar refractivity (Wildman–Crippen MR) is 121 cm³/mol. The minimum atomic E-state index is 0.0109. The van der Waals surface area contributed by atoms with E-state index in [4.69, 9.17) is 9.72 Å². The van der Waals surface area contributed by atoms with Gasteiger partial charge in [-0.1, -0.05) is 41.2 Å². The van der Waals surface area contributed by atoms with Crippen molar-refractivity contribution in [2.24, 2.45) is 0 Å². The summed E-state index contributed by atoms with van der Waals surface area (Å²) in [7, 11) is 1.63. The van der Waals surface area contributed by atoms with Gasteiger partial charge in [0.25, 0.3) is 0 Å². The highest BCUT2D eigenvalue weighted by Gasteiger charge is 2.22. The SMILES string of the molecule is COc1cccc2sc(N(Cc3ccncc3)C(=O)Cc3ccc(C)cc3C)nc12. The highest BCUT2D eigenvalue weighted by Crippen LogP contribution is 2.35. The maximum atomic E-state index is 13.4. The lowest BCUT2D eigenvalue weighted by atomic mass is 10.0. The molecular formula is C24H23N3O2S. The fraction of sp³-hybridized carbons (Fsp3) is 0.208. The van der Waals surface area contributed by atoms with Crippen LogP contribution in [0.15, 0.2) is 60.9 Å². The Morgan fingerprint density at radius 3 is 2.63 bits per heavy atom. The van der Waals surface area contributed by atoms with Crippen molar-refractivity contribution in [1.82, 2.24) is 9.97 Å². The van der Waals surface area contributed by atoms with E-state index in [0.717, 1.165) is 26.9 Å². The van der Waals surface area contributed by atoms with Crippen LogP contribution >= 0.6 is 11.3 Å². The number of thiazole rings is 1. The van der Waals surface area contributed by atoms with Crippen molar-refractivity contribution in [3.63, 3.8) is 0 Å². The van der Waals surface area contributed by atoms with E-state index in [-0.39, 0.29) is 5.91 Å². The molecule has 6 heteroatoms. The Hall–Kier alpha value is -3.25. The first-order chi connectivity index (χ1) is 14.5. The molecule has 2 heterocycles. The molecular weight excluding hydrogens is 394 g/mol. The Morgan fingerprint density at radius 1 is 1.10 bits per heavy atom. The molecule has 152 valence electrons. The van der Waals surface area contributed by atoms with Crippen LogP contribution in [0.2, 0.25) is 0 Å². The molecule has 0 saturated heterocycles. The van der Waals surface area contributed by atoms with Gasteiger partial charge in [0.05, 0.1) is 24.8 Å². The molecule has 4 aromatic rings. The first-order valence-corrected chi connectivity index (χ1v) is 10.6. The lowest BCUT2D eigenvalue weighted by molar-refractivity contribution is -0.118. The molecule has 5 nitrogen and oxygen atoms in total. The van der Waals surface area contributed by atoms with Crippen LogP contribution in [0, 0.1) is 13.8 Å². The van der Waals surface area contributed by atoms with Gasteiger partial charge >= 0.3 is 0 Å². The number of amides is 1. The standard InChI is InChI=1S/C24H23N3O2S/c1-16-7-8-19(17(2)13-16)14-22(28)27(15-18-9-11-25-12-10-18)24-26-23-20(29-3)5-4-6-21(23)30-24/h4-13H,14-15H2,1-3H3. The smallest absolute Gasteiger partial charge is 0.233 e. The summed E-state index contributed by atoms with van der Waals surface area (Å²) in [5.74, 6) is 0.720. The summed E-state index contributed by atoms with van der Waals surface area (Å²) in [4.78, 5) is 24.0. The van der Waals surface area contributed by atoms with Crippen molar-refractivity contribution in [2.75, 3.05) is 12.0 Å². The second-order valence-electron chi connectivity index (χ2n) is 7.25. The summed E-state index contributed by atoms with van der Waals surface area (Å²) in [5.41, 5.74) is 5.13. The molecule has 0 spiro atoms. The zero-order chi connectivity index (χ0) is 21.1. The van der Waals surface area contributed by atoms with E-state index in [1.54, 1.807) is 24.4 Å². The van der Waals surface area contributed by atoms with Gasteiger partial charge in [0.1, 0.15) is 11.3 Å². The normalized spacial score (nSPS) is 10.9. The van der Waals surface area contributed by atoms with Crippen molar-refractivity contribution in [3.8, 4) is 5.75 Å².